The number of carbonyl (C=O) groups excluding carboxylic acids is 2. The Morgan fingerprint density at radius 1 is 1.13 bits per heavy atom. The molecule has 6 nitrogen and oxygen atoms in total. The number of rotatable bonds is 7. The number of halogens is 2. The van der Waals surface area contributed by atoms with Crippen LogP contribution in [0.3, 0.4) is 0 Å². The molecular weight excluding hydrogens is 510 g/mol. The standard InChI is InChI=1S/C29H28F2N2O4S/c1-16-25(23(34)14-18-19(28(35)37-29(2,3)4)13-17-10-12-38-26(17)18)33-11-6-9-24(27(33)32-16)36-15-20-21(30)7-5-8-22(20)31/h5-12,18-19H,13-15H2,1-4H3/t18-,19+/m0/s1. The zero-order chi connectivity index (χ0) is 27.2. The van der Waals surface area contributed by atoms with Gasteiger partial charge in [0.2, 0.25) is 0 Å². The molecule has 4 aromatic rings. The minimum atomic E-state index is -0.698. The smallest absolute Gasteiger partial charge is 0.310 e. The first kappa shape index (κ1) is 26.0. The fourth-order valence-electron chi connectivity index (χ4n) is 4.98. The van der Waals surface area contributed by atoms with E-state index in [9.17, 15) is 18.4 Å². The molecule has 3 aromatic heterocycles. The number of benzene rings is 1. The lowest BCUT2D eigenvalue weighted by molar-refractivity contribution is -0.160. The molecule has 0 saturated heterocycles. The van der Waals surface area contributed by atoms with Crippen LogP contribution in [0.1, 0.15) is 65.3 Å². The molecule has 0 N–H and O–H groups in total. The van der Waals surface area contributed by atoms with Crippen molar-refractivity contribution in [2.45, 2.75) is 58.7 Å². The van der Waals surface area contributed by atoms with Gasteiger partial charge >= 0.3 is 5.97 Å². The van der Waals surface area contributed by atoms with Crippen LogP contribution in [0.5, 0.6) is 5.75 Å². The molecule has 5 rings (SSSR count). The maximum atomic E-state index is 14.1. The van der Waals surface area contributed by atoms with Crippen LogP contribution in [0.2, 0.25) is 0 Å². The van der Waals surface area contributed by atoms with Crippen molar-refractivity contribution in [3.63, 3.8) is 0 Å². The lowest BCUT2D eigenvalue weighted by atomic mass is 9.89. The molecule has 9 heteroatoms. The Bertz CT molecular complexity index is 1520. The first-order valence-corrected chi connectivity index (χ1v) is 13.3. The van der Waals surface area contributed by atoms with Gasteiger partial charge in [-0.1, -0.05) is 6.07 Å². The average Bonchev–Trinajstić information content (AvgIpc) is 3.51. The first-order chi connectivity index (χ1) is 18.0. The summed E-state index contributed by atoms with van der Waals surface area (Å²) in [5, 5.41) is 1.98. The number of ketones is 1. The molecule has 2 atom stereocenters. The lowest BCUT2D eigenvalue weighted by Crippen LogP contribution is -2.31. The number of hydrogen-bond acceptors (Lipinski definition) is 6. The van der Waals surface area contributed by atoms with Crippen LogP contribution in [0, 0.1) is 24.5 Å². The number of imidazole rings is 1. The van der Waals surface area contributed by atoms with Crippen molar-refractivity contribution in [3.8, 4) is 5.75 Å². The van der Waals surface area contributed by atoms with Gasteiger partial charge in [-0.3, -0.25) is 14.0 Å². The fraction of sp³-hybridized carbons (Fsp3) is 0.345. The number of aryl methyl sites for hydroxylation is 1. The van der Waals surface area contributed by atoms with Crippen molar-refractivity contribution in [2.75, 3.05) is 0 Å². The van der Waals surface area contributed by atoms with E-state index in [1.807, 2.05) is 32.2 Å². The quantitative estimate of drug-likeness (QED) is 0.200. The summed E-state index contributed by atoms with van der Waals surface area (Å²) in [5.41, 5.74) is 1.53. The van der Waals surface area contributed by atoms with Gasteiger partial charge in [0.05, 0.1) is 17.2 Å². The highest BCUT2D eigenvalue weighted by Crippen LogP contribution is 2.45. The van der Waals surface area contributed by atoms with Crippen LogP contribution in [-0.4, -0.2) is 26.7 Å². The van der Waals surface area contributed by atoms with Crippen LogP contribution in [0.15, 0.2) is 48.0 Å². The van der Waals surface area contributed by atoms with Gasteiger partial charge in [0.1, 0.15) is 29.5 Å². The van der Waals surface area contributed by atoms with Gasteiger partial charge in [-0.05, 0) is 75.4 Å². The van der Waals surface area contributed by atoms with Gasteiger partial charge in [-0.2, -0.15) is 0 Å². The van der Waals surface area contributed by atoms with Gasteiger partial charge in [-0.25, -0.2) is 13.8 Å². The van der Waals surface area contributed by atoms with Crippen molar-refractivity contribution in [1.82, 2.24) is 9.38 Å². The maximum Gasteiger partial charge on any atom is 0.310 e. The summed E-state index contributed by atoms with van der Waals surface area (Å²) in [5.74, 6) is -2.29. The van der Waals surface area contributed by atoms with Gasteiger partial charge in [-0.15, -0.1) is 11.3 Å². The van der Waals surface area contributed by atoms with E-state index in [0.717, 1.165) is 10.4 Å². The van der Waals surface area contributed by atoms with Crippen molar-refractivity contribution < 1.29 is 27.8 Å². The lowest BCUT2D eigenvalue weighted by Gasteiger charge is -2.25. The number of ether oxygens (including phenoxy) is 2. The number of aromatic nitrogens is 2. The van der Waals surface area contributed by atoms with Crippen molar-refractivity contribution in [2.24, 2.45) is 5.92 Å². The third-order valence-electron chi connectivity index (χ3n) is 6.64. The van der Waals surface area contributed by atoms with E-state index < -0.39 is 23.2 Å². The molecule has 198 valence electrons. The predicted molar refractivity (Wildman–Crippen MR) is 140 cm³/mol. The molecule has 0 unspecified atom stereocenters. The average molecular weight is 539 g/mol. The summed E-state index contributed by atoms with van der Waals surface area (Å²) < 4.78 is 41.2. The van der Waals surface area contributed by atoms with Gasteiger partial charge < -0.3 is 9.47 Å². The minimum Gasteiger partial charge on any atom is -0.485 e. The summed E-state index contributed by atoms with van der Waals surface area (Å²) in [6.45, 7) is 6.90. The SMILES string of the molecule is Cc1nc2c(OCc3c(F)cccc3F)cccn2c1C(=O)C[C@@H]1c2sccc2C[C@H]1C(=O)OC(C)(C)C. The molecule has 0 aliphatic heterocycles. The third kappa shape index (κ3) is 4.95. The maximum absolute atomic E-state index is 14.1. The molecule has 3 heterocycles. The summed E-state index contributed by atoms with van der Waals surface area (Å²) in [4.78, 5) is 32.3. The number of pyridine rings is 1. The summed E-state index contributed by atoms with van der Waals surface area (Å²) in [6.07, 6.45) is 2.37. The second-order valence-corrected chi connectivity index (χ2v) is 11.4. The van der Waals surface area contributed by atoms with E-state index in [1.54, 1.807) is 41.0 Å². The Hall–Kier alpha value is -3.59. The molecule has 0 amide bonds. The zero-order valence-corrected chi connectivity index (χ0v) is 22.4. The number of thiophene rings is 1. The fourth-order valence-corrected chi connectivity index (χ4v) is 6.09. The first-order valence-electron chi connectivity index (χ1n) is 12.4. The Kier molecular flexibility index (Phi) is 6.81. The summed E-state index contributed by atoms with van der Waals surface area (Å²) in [7, 11) is 0. The molecule has 0 spiro atoms. The highest BCUT2D eigenvalue weighted by Gasteiger charge is 2.42. The number of Topliss-reactive ketones (excluding diaryl/α,β-unsaturated/α-hetero) is 1. The van der Waals surface area contributed by atoms with Crippen LogP contribution < -0.4 is 4.74 Å². The van der Waals surface area contributed by atoms with Crippen LogP contribution in [0.4, 0.5) is 8.78 Å². The van der Waals surface area contributed by atoms with E-state index in [-0.39, 0.29) is 36.3 Å². The number of esters is 1. The van der Waals surface area contributed by atoms with Crippen molar-refractivity contribution in [1.29, 1.82) is 0 Å². The molecule has 0 saturated carbocycles. The number of carbonyl (C=O) groups is 2. The zero-order valence-electron chi connectivity index (χ0n) is 21.6. The Labute approximate surface area is 223 Å². The van der Waals surface area contributed by atoms with Gasteiger partial charge in [0.15, 0.2) is 17.2 Å². The molecule has 0 radical (unpaired) electrons. The van der Waals surface area contributed by atoms with Gasteiger partial charge in [0.25, 0.3) is 0 Å². The molecular formula is C29H28F2N2O4S. The highest BCUT2D eigenvalue weighted by molar-refractivity contribution is 7.10. The third-order valence-corrected chi connectivity index (χ3v) is 7.74. The monoisotopic (exact) mass is 538 g/mol. The second kappa shape index (κ2) is 9.94. The normalized spacial score (nSPS) is 17.0. The second-order valence-electron chi connectivity index (χ2n) is 10.5. The molecule has 1 aromatic carbocycles. The van der Waals surface area contributed by atoms with Crippen LogP contribution in [0.25, 0.3) is 5.65 Å². The topological polar surface area (TPSA) is 69.9 Å². The van der Waals surface area contributed by atoms with Gasteiger partial charge in [0, 0.05) is 23.4 Å². The Morgan fingerprint density at radius 2 is 1.87 bits per heavy atom. The summed E-state index contributed by atoms with van der Waals surface area (Å²) in [6, 6.07) is 8.97. The van der Waals surface area contributed by atoms with E-state index in [1.165, 1.54) is 18.2 Å². The van der Waals surface area contributed by atoms with E-state index in [0.29, 0.717) is 29.2 Å². The Morgan fingerprint density at radius 3 is 2.58 bits per heavy atom. The number of hydrogen-bond donors (Lipinski definition) is 0. The molecule has 0 fully saturated rings. The molecule has 38 heavy (non-hydrogen) atoms. The predicted octanol–water partition coefficient (Wildman–Crippen LogP) is 6.43. The molecule has 1 aliphatic rings. The Balaban J connectivity index is 1.42. The molecule has 0 bridgehead atoms. The highest BCUT2D eigenvalue weighted by atomic mass is 32.1. The van der Waals surface area contributed by atoms with E-state index >= 15 is 0 Å². The largest absolute Gasteiger partial charge is 0.485 e. The molecule has 1 aliphatic carbocycles. The van der Waals surface area contributed by atoms with Crippen LogP contribution >= 0.6 is 11.3 Å². The summed E-state index contributed by atoms with van der Waals surface area (Å²) >= 11 is 1.55. The van der Waals surface area contributed by atoms with E-state index in [4.69, 9.17) is 9.47 Å². The van der Waals surface area contributed by atoms with Crippen LogP contribution in [-0.2, 0) is 22.6 Å². The van der Waals surface area contributed by atoms with Crippen molar-refractivity contribution in [3.05, 3.63) is 87.0 Å². The number of fused-ring (bicyclic) bond motifs is 2. The van der Waals surface area contributed by atoms with E-state index in [2.05, 4.69) is 4.98 Å². The number of nitrogens with zero attached hydrogens (tertiary/aromatic N) is 2. The minimum absolute atomic E-state index is 0.123. The van der Waals surface area contributed by atoms with Crippen molar-refractivity contribution >= 4 is 28.7 Å².